The molecule has 2 rings (SSSR count). The highest BCUT2D eigenvalue weighted by atomic mass is 19.4. The van der Waals surface area contributed by atoms with Gasteiger partial charge in [-0.1, -0.05) is 25.5 Å². The first-order valence-corrected chi connectivity index (χ1v) is 7.39. The second kappa shape index (κ2) is 6.86. The van der Waals surface area contributed by atoms with Crippen LogP contribution in [-0.2, 0) is 12.6 Å². The molecule has 0 aliphatic carbocycles. The summed E-state index contributed by atoms with van der Waals surface area (Å²) in [5.74, 6) is -0.415. The van der Waals surface area contributed by atoms with Gasteiger partial charge in [0.05, 0.1) is 5.56 Å². The lowest BCUT2D eigenvalue weighted by Gasteiger charge is -2.11. The Labute approximate surface area is 133 Å². The number of nitrogens with one attached hydrogen (secondary N) is 1. The highest BCUT2D eigenvalue weighted by Gasteiger charge is 2.30. The number of carbonyl (C=O) groups excluding carboxylic acids is 1. The van der Waals surface area contributed by atoms with Gasteiger partial charge >= 0.3 is 6.18 Å². The van der Waals surface area contributed by atoms with Gasteiger partial charge in [-0.25, -0.2) is 0 Å². The molecule has 2 nitrogen and oxygen atoms in total. The highest BCUT2D eigenvalue weighted by Crippen LogP contribution is 2.30. The first-order valence-electron chi connectivity index (χ1n) is 7.39. The van der Waals surface area contributed by atoms with Gasteiger partial charge in [-0.2, -0.15) is 13.2 Å². The normalized spacial score (nSPS) is 11.3. The second-order valence-corrected chi connectivity index (χ2v) is 5.42. The molecule has 0 saturated heterocycles. The van der Waals surface area contributed by atoms with Crippen molar-refractivity contribution in [2.75, 3.05) is 5.32 Å². The standard InChI is InChI=1S/C18H18F3NO/c1-3-5-13-10-14(9-8-12(13)2)17(23)22-16-7-4-6-15(11-16)18(19,20)21/h4,6-11H,3,5H2,1-2H3,(H,22,23). The van der Waals surface area contributed by atoms with Gasteiger partial charge in [0, 0.05) is 11.3 Å². The van der Waals surface area contributed by atoms with E-state index in [1.54, 1.807) is 12.1 Å². The second-order valence-electron chi connectivity index (χ2n) is 5.42. The SMILES string of the molecule is CCCc1cc(C(=O)Nc2cccc(C(F)(F)F)c2)ccc1C. The monoisotopic (exact) mass is 321 g/mol. The summed E-state index contributed by atoms with van der Waals surface area (Å²) in [6.45, 7) is 4.02. The summed E-state index contributed by atoms with van der Waals surface area (Å²) in [4.78, 5) is 12.3. The summed E-state index contributed by atoms with van der Waals surface area (Å²) in [5, 5.41) is 2.52. The molecular weight excluding hydrogens is 303 g/mol. The molecule has 0 bridgehead atoms. The maximum atomic E-state index is 12.7. The predicted octanol–water partition coefficient (Wildman–Crippen LogP) is 5.22. The molecule has 0 atom stereocenters. The Morgan fingerprint density at radius 2 is 1.87 bits per heavy atom. The van der Waals surface area contributed by atoms with Crippen molar-refractivity contribution in [3.63, 3.8) is 0 Å². The van der Waals surface area contributed by atoms with E-state index >= 15 is 0 Å². The summed E-state index contributed by atoms with van der Waals surface area (Å²) < 4.78 is 38.1. The van der Waals surface area contributed by atoms with Crippen molar-refractivity contribution in [1.29, 1.82) is 0 Å². The van der Waals surface area contributed by atoms with Gasteiger partial charge < -0.3 is 5.32 Å². The zero-order valence-electron chi connectivity index (χ0n) is 13.0. The van der Waals surface area contributed by atoms with Crippen LogP contribution in [0.3, 0.4) is 0 Å². The molecule has 0 aliphatic heterocycles. The minimum Gasteiger partial charge on any atom is -0.322 e. The molecule has 122 valence electrons. The van der Waals surface area contributed by atoms with E-state index in [1.165, 1.54) is 12.1 Å². The Kier molecular flexibility index (Phi) is 5.08. The van der Waals surface area contributed by atoms with Gasteiger partial charge in [0.25, 0.3) is 5.91 Å². The lowest BCUT2D eigenvalue weighted by molar-refractivity contribution is -0.137. The number of aryl methyl sites for hydroxylation is 2. The smallest absolute Gasteiger partial charge is 0.322 e. The molecule has 0 unspecified atom stereocenters. The number of hydrogen-bond donors (Lipinski definition) is 1. The molecule has 23 heavy (non-hydrogen) atoms. The summed E-state index contributed by atoms with van der Waals surface area (Å²) in [7, 11) is 0. The number of benzene rings is 2. The maximum Gasteiger partial charge on any atom is 0.416 e. The van der Waals surface area contributed by atoms with Gasteiger partial charge in [-0.3, -0.25) is 4.79 Å². The van der Waals surface area contributed by atoms with Crippen LogP contribution in [0.5, 0.6) is 0 Å². The first-order chi connectivity index (χ1) is 10.8. The minimum absolute atomic E-state index is 0.127. The average molecular weight is 321 g/mol. The van der Waals surface area contributed by atoms with Crippen LogP contribution in [0.25, 0.3) is 0 Å². The van der Waals surface area contributed by atoms with Crippen LogP contribution in [0.1, 0.15) is 40.4 Å². The van der Waals surface area contributed by atoms with E-state index in [4.69, 9.17) is 0 Å². The number of carbonyl (C=O) groups is 1. The molecule has 1 amide bonds. The van der Waals surface area contributed by atoms with E-state index < -0.39 is 17.6 Å². The van der Waals surface area contributed by atoms with Crippen molar-refractivity contribution in [3.8, 4) is 0 Å². The molecule has 0 fully saturated rings. The van der Waals surface area contributed by atoms with Crippen molar-refractivity contribution in [3.05, 3.63) is 64.7 Å². The van der Waals surface area contributed by atoms with Crippen molar-refractivity contribution >= 4 is 11.6 Å². The molecule has 5 heteroatoms. The van der Waals surface area contributed by atoms with Crippen LogP contribution in [0.2, 0.25) is 0 Å². The van der Waals surface area contributed by atoms with Crippen molar-refractivity contribution in [2.45, 2.75) is 32.9 Å². The van der Waals surface area contributed by atoms with E-state index in [2.05, 4.69) is 12.2 Å². The number of amides is 1. The number of halogens is 3. The Morgan fingerprint density at radius 3 is 2.52 bits per heavy atom. The van der Waals surface area contributed by atoms with Crippen molar-refractivity contribution in [1.82, 2.24) is 0 Å². The van der Waals surface area contributed by atoms with Crippen LogP contribution in [-0.4, -0.2) is 5.91 Å². The number of alkyl halides is 3. The molecule has 0 aromatic heterocycles. The zero-order valence-corrected chi connectivity index (χ0v) is 13.0. The van der Waals surface area contributed by atoms with Gasteiger partial charge in [0.2, 0.25) is 0 Å². The minimum atomic E-state index is -4.43. The summed E-state index contributed by atoms with van der Waals surface area (Å²) in [6.07, 6.45) is -2.62. The Bertz CT molecular complexity index is 708. The maximum absolute atomic E-state index is 12.7. The van der Waals surface area contributed by atoms with E-state index in [-0.39, 0.29) is 5.69 Å². The Balaban J connectivity index is 2.21. The van der Waals surface area contributed by atoms with Crippen LogP contribution < -0.4 is 5.32 Å². The molecule has 0 aliphatic rings. The van der Waals surface area contributed by atoms with Crippen LogP contribution in [0, 0.1) is 6.92 Å². The molecular formula is C18H18F3NO. The lowest BCUT2D eigenvalue weighted by Crippen LogP contribution is -2.13. The van der Waals surface area contributed by atoms with Crippen molar-refractivity contribution in [2.24, 2.45) is 0 Å². The van der Waals surface area contributed by atoms with Crippen LogP contribution in [0.4, 0.5) is 18.9 Å². The topological polar surface area (TPSA) is 29.1 Å². The molecule has 0 heterocycles. The molecule has 2 aromatic rings. The van der Waals surface area contributed by atoms with Crippen LogP contribution in [0.15, 0.2) is 42.5 Å². The van der Waals surface area contributed by atoms with E-state index in [1.807, 2.05) is 13.0 Å². The third-order valence-electron chi connectivity index (χ3n) is 3.58. The van der Waals surface area contributed by atoms with Crippen LogP contribution >= 0.6 is 0 Å². The van der Waals surface area contributed by atoms with Gasteiger partial charge in [-0.05, 0) is 54.8 Å². The quantitative estimate of drug-likeness (QED) is 0.822. The number of hydrogen-bond acceptors (Lipinski definition) is 1. The van der Waals surface area contributed by atoms with E-state index in [0.717, 1.165) is 36.1 Å². The molecule has 1 N–H and O–H groups in total. The number of anilines is 1. The summed E-state index contributed by atoms with van der Waals surface area (Å²) in [6, 6.07) is 9.94. The summed E-state index contributed by atoms with van der Waals surface area (Å²) >= 11 is 0. The van der Waals surface area contributed by atoms with Gasteiger partial charge in [0.15, 0.2) is 0 Å². The highest BCUT2D eigenvalue weighted by molar-refractivity contribution is 6.04. The molecule has 0 radical (unpaired) electrons. The lowest BCUT2D eigenvalue weighted by atomic mass is 10.0. The Hall–Kier alpha value is -2.30. The van der Waals surface area contributed by atoms with E-state index in [0.29, 0.717) is 5.56 Å². The fourth-order valence-electron chi connectivity index (χ4n) is 2.33. The zero-order chi connectivity index (χ0) is 17.0. The third-order valence-corrected chi connectivity index (χ3v) is 3.58. The van der Waals surface area contributed by atoms with Gasteiger partial charge in [-0.15, -0.1) is 0 Å². The summed E-state index contributed by atoms with van der Waals surface area (Å²) in [5.41, 5.74) is 1.96. The molecule has 2 aromatic carbocycles. The number of rotatable bonds is 4. The molecule has 0 spiro atoms. The fourth-order valence-corrected chi connectivity index (χ4v) is 2.33. The van der Waals surface area contributed by atoms with Crippen molar-refractivity contribution < 1.29 is 18.0 Å². The predicted molar refractivity (Wildman–Crippen MR) is 84.6 cm³/mol. The first kappa shape index (κ1) is 17.1. The fraction of sp³-hybridized carbons (Fsp3) is 0.278. The largest absolute Gasteiger partial charge is 0.416 e. The Morgan fingerprint density at radius 1 is 1.13 bits per heavy atom. The van der Waals surface area contributed by atoms with Gasteiger partial charge in [0.1, 0.15) is 0 Å². The van der Waals surface area contributed by atoms with E-state index in [9.17, 15) is 18.0 Å². The molecule has 0 saturated carbocycles. The third kappa shape index (κ3) is 4.34. The average Bonchev–Trinajstić information content (AvgIpc) is 2.49.